The molecule has 7 nitrogen and oxygen atoms in total. The Hall–Kier alpha value is -3.85. The zero-order chi connectivity index (χ0) is 21.0. The summed E-state index contributed by atoms with van der Waals surface area (Å²) in [5.41, 5.74) is 7.55. The number of aromatic nitrogens is 1. The van der Waals surface area contributed by atoms with Crippen LogP contribution in [0.3, 0.4) is 0 Å². The quantitative estimate of drug-likeness (QED) is 0.298. The molecule has 0 fully saturated rings. The van der Waals surface area contributed by atoms with Crippen LogP contribution in [0.2, 0.25) is 0 Å². The van der Waals surface area contributed by atoms with E-state index in [0.29, 0.717) is 11.3 Å². The SMILES string of the molecule is C=N/N=C(/c1cc(-c2ccc(OC)cc2)cnc1N)N(N)c1cccc(F)c1F. The average Bonchev–Trinajstić information content (AvgIpc) is 2.74. The highest BCUT2D eigenvalue weighted by atomic mass is 19.2. The number of hydrogen-bond donors (Lipinski definition) is 2. The Balaban J connectivity index is 2.08. The summed E-state index contributed by atoms with van der Waals surface area (Å²) in [4.78, 5) is 4.17. The molecule has 0 saturated heterocycles. The molecule has 0 aliphatic rings. The van der Waals surface area contributed by atoms with Gasteiger partial charge in [-0.1, -0.05) is 18.2 Å². The van der Waals surface area contributed by atoms with E-state index in [1.807, 2.05) is 12.1 Å². The van der Waals surface area contributed by atoms with E-state index in [1.165, 1.54) is 12.1 Å². The van der Waals surface area contributed by atoms with Crippen molar-refractivity contribution in [2.45, 2.75) is 0 Å². The van der Waals surface area contributed by atoms with Gasteiger partial charge in [-0.15, -0.1) is 5.10 Å². The van der Waals surface area contributed by atoms with Gasteiger partial charge in [0.2, 0.25) is 0 Å². The minimum Gasteiger partial charge on any atom is -0.497 e. The number of nitrogens with zero attached hydrogens (tertiary/aromatic N) is 4. The number of anilines is 2. The first-order chi connectivity index (χ1) is 14.0. The lowest BCUT2D eigenvalue weighted by atomic mass is 10.0. The first-order valence-corrected chi connectivity index (χ1v) is 8.39. The van der Waals surface area contributed by atoms with Gasteiger partial charge in [-0.05, 0) is 35.9 Å². The zero-order valence-corrected chi connectivity index (χ0v) is 15.5. The number of nitrogen functional groups attached to an aromatic ring is 1. The van der Waals surface area contributed by atoms with Crippen LogP contribution in [-0.2, 0) is 0 Å². The van der Waals surface area contributed by atoms with Gasteiger partial charge in [0.1, 0.15) is 11.6 Å². The third-order valence-corrected chi connectivity index (χ3v) is 4.17. The molecule has 0 aliphatic heterocycles. The second-order valence-corrected chi connectivity index (χ2v) is 5.89. The monoisotopic (exact) mass is 396 g/mol. The summed E-state index contributed by atoms with van der Waals surface area (Å²) in [7, 11) is 1.57. The summed E-state index contributed by atoms with van der Waals surface area (Å²) in [6, 6.07) is 12.5. The predicted molar refractivity (Wildman–Crippen MR) is 110 cm³/mol. The first kappa shape index (κ1) is 19.9. The van der Waals surface area contributed by atoms with E-state index in [4.69, 9.17) is 16.3 Å². The van der Waals surface area contributed by atoms with Crippen LogP contribution in [0.5, 0.6) is 5.75 Å². The van der Waals surface area contributed by atoms with Gasteiger partial charge in [0.25, 0.3) is 0 Å². The summed E-state index contributed by atoms with van der Waals surface area (Å²) in [5.74, 6) is 4.57. The molecule has 0 saturated carbocycles. The van der Waals surface area contributed by atoms with Crippen LogP contribution in [0, 0.1) is 11.6 Å². The van der Waals surface area contributed by atoms with E-state index < -0.39 is 11.6 Å². The van der Waals surface area contributed by atoms with Crippen molar-refractivity contribution in [3.63, 3.8) is 0 Å². The molecule has 4 N–H and O–H groups in total. The van der Waals surface area contributed by atoms with E-state index in [1.54, 1.807) is 31.5 Å². The number of halogens is 2. The lowest BCUT2D eigenvalue weighted by Crippen LogP contribution is -2.39. The number of hydrazine groups is 1. The highest BCUT2D eigenvalue weighted by Gasteiger charge is 2.21. The number of methoxy groups -OCH3 is 1. The van der Waals surface area contributed by atoms with E-state index in [9.17, 15) is 8.78 Å². The topological polar surface area (TPSA) is 102 Å². The number of amidine groups is 1. The molecule has 1 aromatic heterocycles. The fourth-order valence-electron chi connectivity index (χ4n) is 2.69. The average molecular weight is 396 g/mol. The number of pyridine rings is 1. The Morgan fingerprint density at radius 3 is 2.52 bits per heavy atom. The van der Waals surface area contributed by atoms with Crippen LogP contribution in [0.25, 0.3) is 11.1 Å². The smallest absolute Gasteiger partial charge is 0.183 e. The summed E-state index contributed by atoms with van der Waals surface area (Å²) < 4.78 is 33.0. The molecule has 0 amide bonds. The van der Waals surface area contributed by atoms with Crippen molar-refractivity contribution in [1.82, 2.24) is 4.98 Å². The van der Waals surface area contributed by atoms with Gasteiger partial charge in [-0.25, -0.2) is 19.6 Å². The van der Waals surface area contributed by atoms with Crippen LogP contribution in [0.4, 0.5) is 20.3 Å². The maximum Gasteiger partial charge on any atom is 0.183 e. The molecule has 0 aliphatic carbocycles. The molecular formula is C20H18F2N6O. The fourth-order valence-corrected chi connectivity index (χ4v) is 2.69. The van der Waals surface area contributed by atoms with E-state index in [-0.39, 0.29) is 22.9 Å². The summed E-state index contributed by atoms with van der Waals surface area (Å²) in [6.07, 6.45) is 1.57. The van der Waals surface area contributed by atoms with Crippen molar-refractivity contribution in [3.8, 4) is 16.9 Å². The molecule has 0 radical (unpaired) electrons. The Morgan fingerprint density at radius 2 is 1.86 bits per heavy atom. The third-order valence-electron chi connectivity index (χ3n) is 4.17. The minimum atomic E-state index is -1.13. The summed E-state index contributed by atoms with van der Waals surface area (Å²) >= 11 is 0. The van der Waals surface area contributed by atoms with E-state index in [2.05, 4.69) is 21.9 Å². The predicted octanol–water partition coefficient (Wildman–Crippen LogP) is 3.36. The van der Waals surface area contributed by atoms with Gasteiger partial charge in [-0.3, -0.25) is 5.01 Å². The van der Waals surface area contributed by atoms with Crippen LogP contribution >= 0.6 is 0 Å². The van der Waals surface area contributed by atoms with Gasteiger partial charge in [0.05, 0.1) is 18.4 Å². The lowest BCUT2D eigenvalue weighted by Gasteiger charge is -2.21. The Morgan fingerprint density at radius 1 is 1.14 bits per heavy atom. The number of hydrogen-bond acceptors (Lipinski definition) is 6. The number of rotatable bonds is 5. The highest BCUT2D eigenvalue weighted by molar-refractivity contribution is 6.12. The maximum absolute atomic E-state index is 14.2. The van der Waals surface area contributed by atoms with E-state index in [0.717, 1.165) is 16.6 Å². The number of benzene rings is 2. The molecular weight excluding hydrogens is 378 g/mol. The number of ether oxygens (including phenoxy) is 1. The normalized spacial score (nSPS) is 11.2. The van der Waals surface area contributed by atoms with Gasteiger partial charge in [0.15, 0.2) is 17.5 Å². The molecule has 9 heteroatoms. The Labute approximate surface area is 165 Å². The molecule has 29 heavy (non-hydrogen) atoms. The van der Waals surface area contributed by atoms with Crippen molar-refractivity contribution < 1.29 is 13.5 Å². The standard InChI is InChI=1S/C20H18F2N6O/c1-25-27-20(28(24)17-5-3-4-16(21)18(17)22)15-10-13(11-26-19(15)23)12-6-8-14(29-2)9-7-12/h3-11H,1,24H2,2H3,(H2,23,26)/b27-20-. The molecule has 0 unspecified atom stereocenters. The molecule has 0 spiro atoms. The van der Waals surface area contributed by atoms with Crippen LogP contribution in [0.15, 0.2) is 64.9 Å². The van der Waals surface area contributed by atoms with Crippen LogP contribution < -0.4 is 21.3 Å². The third kappa shape index (κ3) is 4.04. The minimum absolute atomic E-state index is 0.0511. The number of nitrogens with two attached hydrogens (primary N) is 2. The van der Waals surface area contributed by atoms with Gasteiger partial charge in [-0.2, -0.15) is 5.10 Å². The van der Waals surface area contributed by atoms with Crippen molar-refractivity contribution in [2.24, 2.45) is 16.0 Å². The van der Waals surface area contributed by atoms with E-state index >= 15 is 0 Å². The highest BCUT2D eigenvalue weighted by Crippen LogP contribution is 2.27. The van der Waals surface area contributed by atoms with Crippen molar-refractivity contribution in [1.29, 1.82) is 0 Å². The fraction of sp³-hybridized carbons (Fsp3) is 0.0500. The van der Waals surface area contributed by atoms with Crippen molar-refractivity contribution >= 4 is 24.1 Å². The second-order valence-electron chi connectivity index (χ2n) is 5.89. The van der Waals surface area contributed by atoms with Crippen molar-refractivity contribution in [3.05, 3.63) is 71.9 Å². The lowest BCUT2D eigenvalue weighted by molar-refractivity contribution is 0.415. The largest absolute Gasteiger partial charge is 0.497 e. The Bertz CT molecular complexity index is 1070. The summed E-state index contributed by atoms with van der Waals surface area (Å²) in [6.45, 7) is 3.31. The van der Waals surface area contributed by atoms with Crippen LogP contribution in [-0.4, -0.2) is 24.6 Å². The maximum atomic E-state index is 14.2. The molecule has 0 bridgehead atoms. The Kier molecular flexibility index (Phi) is 5.79. The second kappa shape index (κ2) is 8.44. The van der Waals surface area contributed by atoms with Gasteiger partial charge < -0.3 is 10.5 Å². The van der Waals surface area contributed by atoms with Gasteiger partial charge >= 0.3 is 0 Å². The molecule has 2 aromatic carbocycles. The first-order valence-electron chi connectivity index (χ1n) is 8.39. The molecule has 3 aromatic rings. The molecule has 0 atom stereocenters. The molecule has 3 rings (SSSR count). The zero-order valence-electron chi connectivity index (χ0n) is 15.5. The molecule has 148 valence electrons. The molecule has 1 heterocycles. The van der Waals surface area contributed by atoms with Crippen molar-refractivity contribution in [2.75, 3.05) is 17.9 Å². The van der Waals surface area contributed by atoms with Crippen LogP contribution in [0.1, 0.15) is 5.56 Å². The van der Waals surface area contributed by atoms with Gasteiger partial charge in [0, 0.05) is 18.5 Å². The summed E-state index contributed by atoms with van der Waals surface area (Å²) in [5, 5.41) is 8.19.